The largest absolute Gasteiger partial charge is 0.481 e. The third kappa shape index (κ3) is 4.09. The van der Waals surface area contributed by atoms with Gasteiger partial charge >= 0.3 is 5.97 Å². The van der Waals surface area contributed by atoms with Crippen LogP contribution in [0.5, 0.6) is 0 Å². The Kier molecular flexibility index (Phi) is 5.10. The van der Waals surface area contributed by atoms with E-state index in [4.69, 9.17) is 5.11 Å². The highest BCUT2D eigenvalue weighted by Gasteiger charge is 2.31. The summed E-state index contributed by atoms with van der Waals surface area (Å²) in [6, 6.07) is 7.27. The van der Waals surface area contributed by atoms with E-state index in [1.54, 1.807) is 12.1 Å². The number of aliphatic carboxylic acids is 1. The van der Waals surface area contributed by atoms with Crippen molar-refractivity contribution in [3.63, 3.8) is 0 Å². The first kappa shape index (κ1) is 15.2. The number of benzene rings is 1. The Bertz CT molecular complexity index is 464. The number of hydrogen-bond donors (Lipinski definition) is 2. The summed E-state index contributed by atoms with van der Waals surface area (Å²) in [4.78, 5) is 23.2. The summed E-state index contributed by atoms with van der Waals surface area (Å²) in [5.74, 6) is -1.11. The summed E-state index contributed by atoms with van der Waals surface area (Å²) < 4.78 is 0. The highest BCUT2D eigenvalue weighted by atomic mass is 16.4. The number of carbonyl (C=O) groups is 2. The van der Waals surface area contributed by atoms with Crippen LogP contribution in [-0.2, 0) is 4.79 Å². The molecule has 0 aliphatic heterocycles. The number of carboxylic acid groups (broad SMARTS) is 1. The van der Waals surface area contributed by atoms with Crippen LogP contribution in [0.25, 0.3) is 0 Å². The Hall–Kier alpha value is -1.84. The van der Waals surface area contributed by atoms with Crippen LogP contribution in [0.1, 0.15) is 49.0 Å². The van der Waals surface area contributed by atoms with E-state index in [-0.39, 0.29) is 12.3 Å². The van der Waals surface area contributed by atoms with Crippen LogP contribution in [0.3, 0.4) is 0 Å². The van der Waals surface area contributed by atoms with Crippen molar-refractivity contribution in [1.29, 1.82) is 0 Å². The molecule has 0 saturated heterocycles. The molecule has 0 saturated carbocycles. The SMILES string of the molecule is CCC(CC)(CC(=O)O)NC(=O)c1cccc(C)c1. The molecular formula is C15H21NO3. The molecule has 0 heterocycles. The molecule has 1 aromatic carbocycles. The Labute approximate surface area is 113 Å². The van der Waals surface area contributed by atoms with Crippen LogP contribution in [0.4, 0.5) is 0 Å². The topological polar surface area (TPSA) is 66.4 Å². The fraction of sp³-hybridized carbons (Fsp3) is 0.467. The van der Waals surface area contributed by atoms with Gasteiger partial charge in [-0.25, -0.2) is 0 Å². The molecule has 0 unspecified atom stereocenters. The van der Waals surface area contributed by atoms with Crippen molar-refractivity contribution in [2.24, 2.45) is 0 Å². The summed E-state index contributed by atoms with van der Waals surface area (Å²) in [5, 5.41) is 11.9. The van der Waals surface area contributed by atoms with Crippen LogP contribution < -0.4 is 5.32 Å². The first-order valence-electron chi connectivity index (χ1n) is 6.53. The number of amides is 1. The molecule has 0 bridgehead atoms. The third-order valence-electron chi connectivity index (χ3n) is 3.50. The number of carboxylic acids is 1. The van der Waals surface area contributed by atoms with Gasteiger partial charge in [0, 0.05) is 5.56 Å². The van der Waals surface area contributed by atoms with E-state index in [1.807, 2.05) is 32.9 Å². The minimum absolute atomic E-state index is 0.0580. The monoisotopic (exact) mass is 263 g/mol. The maximum atomic E-state index is 12.2. The summed E-state index contributed by atoms with van der Waals surface area (Å²) in [6.45, 7) is 5.70. The molecule has 4 nitrogen and oxygen atoms in total. The Morgan fingerprint density at radius 3 is 2.37 bits per heavy atom. The minimum Gasteiger partial charge on any atom is -0.481 e. The number of aryl methyl sites for hydroxylation is 1. The molecule has 19 heavy (non-hydrogen) atoms. The van der Waals surface area contributed by atoms with Gasteiger partial charge in [-0.2, -0.15) is 0 Å². The second kappa shape index (κ2) is 6.36. The lowest BCUT2D eigenvalue weighted by atomic mass is 9.88. The molecule has 0 atom stereocenters. The Morgan fingerprint density at radius 2 is 1.89 bits per heavy atom. The average Bonchev–Trinajstić information content (AvgIpc) is 2.37. The van der Waals surface area contributed by atoms with Gasteiger partial charge in [-0.3, -0.25) is 9.59 Å². The van der Waals surface area contributed by atoms with Crippen molar-refractivity contribution >= 4 is 11.9 Å². The molecule has 2 N–H and O–H groups in total. The van der Waals surface area contributed by atoms with Gasteiger partial charge in [-0.1, -0.05) is 31.5 Å². The van der Waals surface area contributed by atoms with Gasteiger partial charge in [0.2, 0.25) is 0 Å². The van der Waals surface area contributed by atoms with Crippen molar-refractivity contribution in [2.45, 2.75) is 45.6 Å². The highest BCUT2D eigenvalue weighted by molar-refractivity contribution is 5.95. The first-order valence-corrected chi connectivity index (χ1v) is 6.53. The van der Waals surface area contributed by atoms with E-state index >= 15 is 0 Å². The molecular weight excluding hydrogens is 242 g/mol. The van der Waals surface area contributed by atoms with E-state index in [0.29, 0.717) is 18.4 Å². The molecule has 104 valence electrons. The van der Waals surface area contributed by atoms with E-state index in [0.717, 1.165) is 5.56 Å². The van der Waals surface area contributed by atoms with Gasteiger partial charge in [0.1, 0.15) is 0 Å². The predicted molar refractivity (Wildman–Crippen MR) is 74.2 cm³/mol. The maximum Gasteiger partial charge on any atom is 0.305 e. The minimum atomic E-state index is -0.895. The van der Waals surface area contributed by atoms with E-state index in [1.165, 1.54) is 0 Å². The lowest BCUT2D eigenvalue weighted by molar-refractivity contribution is -0.138. The predicted octanol–water partition coefficient (Wildman–Crippen LogP) is 2.76. The number of hydrogen-bond acceptors (Lipinski definition) is 2. The molecule has 0 radical (unpaired) electrons. The fourth-order valence-electron chi connectivity index (χ4n) is 2.11. The Balaban J connectivity index is 2.90. The molecule has 4 heteroatoms. The zero-order chi connectivity index (χ0) is 14.5. The lowest BCUT2D eigenvalue weighted by Crippen LogP contribution is -2.49. The summed E-state index contributed by atoms with van der Waals surface area (Å²) in [5.41, 5.74) is 0.897. The van der Waals surface area contributed by atoms with Crippen LogP contribution in [-0.4, -0.2) is 22.5 Å². The summed E-state index contributed by atoms with van der Waals surface area (Å²) >= 11 is 0. The molecule has 1 aromatic rings. The lowest BCUT2D eigenvalue weighted by Gasteiger charge is -2.31. The van der Waals surface area contributed by atoms with Crippen molar-refractivity contribution in [3.05, 3.63) is 35.4 Å². The van der Waals surface area contributed by atoms with Crippen molar-refractivity contribution < 1.29 is 14.7 Å². The molecule has 0 aliphatic carbocycles. The smallest absolute Gasteiger partial charge is 0.305 e. The van der Waals surface area contributed by atoms with Gasteiger partial charge in [0.25, 0.3) is 5.91 Å². The molecule has 1 amide bonds. The third-order valence-corrected chi connectivity index (χ3v) is 3.50. The first-order chi connectivity index (χ1) is 8.92. The zero-order valence-corrected chi connectivity index (χ0v) is 11.7. The van der Waals surface area contributed by atoms with Crippen molar-refractivity contribution in [3.8, 4) is 0 Å². The van der Waals surface area contributed by atoms with Crippen LogP contribution in [0.2, 0.25) is 0 Å². The summed E-state index contributed by atoms with van der Waals surface area (Å²) in [6.07, 6.45) is 1.12. The normalized spacial score (nSPS) is 11.1. The molecule has 0 spiro atoms. The average molecular weight is 263 g/mol. The van der Waals surface area contributed by atoms with Gasteiger partial charge in [0.15, 0.2) is 0 Å². The van der Waals surface area contributed by atoms with Crippen molar-refractivity contribution in [2.75, 3.05) is 0 Å². The quantitative estimate of drug-likeness (QED) is 0.829. The number of nitrogens with one attached hydrogen (secondary N) is 1. The van der Waals surface area contributed by atoms with E-state index in [9.17, 15) is 9.59 Å². The van der Waals surface area contributed by atoms with E-state index in [2.05, 4.69) is 5.32 Å². The van der Waals surface area contributed by atoms with Gasteiger partial charge in [-0.05, 0) is 31.9 Å². The maximum absolute atomic E-state index is 12.2. The number of rotatable bonds is 6. The second-order valence-corrected chi connectivity index (χ2v) is 4.88. The van der Waals surface area contributed by atoms with Gasteiger partial charge in [0.05, 0.1) is 12.0 Å². The van der Waals surface area contributed by atoms with Crippen LogP contribution in [0, 0.1) is 6.92 Å². The Morgan fingerprint density at radius 1 is 1.26 bits per heavy atom. The molecule has 1 rings (SSSR count). The van der Waals surface area contributed by atoms with Crippen molar-refractivity contribution in [1.82, 2.24) is 5.32 Å². The highest BCUT2D eigenvalue weighted by Crippen LogP contribution is 2.20. The fourth-order valence-corrected chi connectivity index (χ4v) is 2.11. The van der Waals surface area contributed by atoms with Gasteiger partial charge < -0.3 is 10.4 Å². The summed E-state index contributed by atoms with van der Waals surface area (Å²) in [7, 11) is 0. The number of carbonyl (C=O) groups excluding carboxylic acids is 1. The van der Waals surface area contributed by atoms with E-state index < -0.39 is 11.5 Å². The zero-order valence-electron chi connectivity index (χ0n) is 11.7. The molecule has 0 fully saturated rings. The molecule has 0 aromatic heterocycles. The second-order valence-electron chi connectivity index (χ2n) is 4.88. The van der Waals surface area contributed by atoms with Crippen LogP contribution >= 0.6 is 0 Å². The van der Waals surface area contributed by atoms with Gasteiger partial charge in [-0.15, -0.1) is 0 Å². The molecule has 0 aliphatic rings. The van der Waals surface area contributed by atoms with Crippen LogP contribution in [0.15, 0.2) is 24.3 Å². The standard InChI is InChI=1S/C15H21NO3/c1-4-15(5-2,10-13(17)18)16-14(19)12-8-6-7-11(3)9-12/h6-9H,4-5,10H2,1-3H3,(H,16,19)(H,17,18).